The van der Waals surface area contributed by atoms with Crippen molar-refractivity contribution in [2.75, 3.05) is 6.54 Å². The summed E-state index contributed by atoms with van der Waals surface area (Å²) in [5, 5.41) is 14.6. The molecule has 1 fully saturated rings. The molecule has 0 amide bonds. The summed E-state index contributed by atoms with van der Waals surface area (Å²) in [6.45, 7) is 2.95. The van der Waals surface area contributed by atoms with Crippen LogP contribution < -0.4 is 10.1 Å². The number of aromatic nitrogens is 2. The molecular formula is C15H18ClN3OS. The van der Waals surface area contributed by atoms with Gasteiger partial charge in [0.25, 0.3) is 0 Å². The SMILES string of the molecule is CC(Oc1cccc(Cl)c1)c1nnc(CCNC2CC2)s1. The van der Waals surface area contributed by atoms with Crippen molar-refractivity contribution in [1.82, 2.24) is 15.5 Å². The van der Waals surface area contributed by atoms with Crippen molar-refractivity contribution >= 4 is 22.9 Å². The number of ether oxygens (including phenoxy) is 1. The lowest BCUT2D eigenvalue weighted by Crippen LogP contribution is -2.19. The second-order valence-corrected chi connectivity index (χ2v) is 6.76. The Kier molecular flexibility index (Phi) is 4.73. The number of rotatable bonds is 7. The van der Waals surface area contributed by atoms with Gasteiger partial charge in [-0.1, -0.05) is 29.0 Å². The van der Waals surface area contributed by atoms with Gasteiger partial charge >= 0.3 is 0 Å². The zero-order valence-electron chi connectivity index (χ0n) is 11.9. The highest BCUT2D eigenvalue weighted by molar-refractivity contribution is 7.11. The van der Waals surface area contributed by atoms with Crippen LogP contribution in [0.4, 0.5) is 0 Å². The molecule has 1 atom stereocenters. The van der Waals surface area contributed by atoms with Crippen molar-refractivity contribution in [2.45, 2.75) is 38.3 Å². The van der Waals surface area contributed by atoms with E-state index in [1.54, 1.807) is 17.4 Å². The zero-order chi connectivity index (χ0) is 14.7. The summed E-state index contributed by atoms with van der Waals surface area (Å²) in [4.78, 5) is 0. The molecule has 1 aromatic heterocycles. The van der Waals surface area contributed by atoms with Crippen LogP contribution in [0.3, 0.4) is 0 Å². The first-order chi connectivity index (χ1) is 10.2. The minimum absolute atomic E-state index is 0.119. The summed E-state index contributed by atoms with van der Waals surface area (Å²) in [5.41, 5.74) is 0. The number of hydrogen-bond donors (Lipinski definition) is 1. The molecule has 21 heavy (non-hydrogen) atoms. The topological polar surface area (TPSA) is 47.0 Å². The fourth-order valence-corrected chi connectivity index (χ4v) is 3.00. The van der Waals surface area contributed by atoms with Crippen molar-refractivity contribution in [3.63, 3.8) is 0 Å². The molecule has 1 aliphatic rings. The average molecular weight is 324 g/mol. The maximum absolute atomic E-state index is 5.95. The van der Waals surface area contributed by atoms with Gasteiger partial charge in [0.1, 0.15) is 16.9 Å². The van der Waals surface area contributed by atoms with Gasteiger partial charge in [-0.25, -0.2) is 0 Å². The van der Waals surface area contributed by atoms with Crippen molar-refractivity contribution in [3.05, 3.63) is 39.3 Å². The van der Waals surface area contributed by atoms with Crippen molar-refractivity contribution in [3.8, 4) is 5.75 Å². The predicted molar refractivity (Wildman–Crippen MR) is 85.1 cm³/mol. The molecule has 112 valence electrons. The summed E-state index contributed by atoms with van der Waals surface area (Å²) < 4.78 is 5.86. The quantitative estimate of drug-likeness (QED) is 0.845. The third-order valence-corrected chi connectivity index (χ3v) is 4.67. The van der Waals surface area contributed by atoms with Gasteiger partial charge in [-0.05, 0) is 38.0 Å². The molecule has 1 unspecified atom stereocenters. The minimum atomic E-state index is -0.119. The molecule has 6 heteroatoms. The molecule has 1 aliphatic carbocycles. The Morgan fingerprint density at radius 1 is 1.43 bits per heavy atom. The highest BCUT2D eigenvalue weighted by atomic mass is 35.5. The van der Waals surface area contributed by atoms with E-state index in [9.17, 15) is 0 Å². The van der Waals surface area contributed by atoms with Gasteiger partial charge in [0.15, 0.2) is 5.01 Å². The van der Waals surface area contributed by atoms with E-state index in [1.165, 1.54) is 12.8 Å². The van der Waals surface area contributed by atoms with Crippen LogP contribution in [0, 0.1) is 0 Å². The standard InChI is InChI=1S/C15H18ClN3OS/c1-10(20-13-4-2-3-11(16)9-13)15-19-18-14(21-15)7-8-17-12-5-6-12/h2-4,9-10,12,17H,5-8H2,1H3. The Hall–Kier alpha value is -1.17. The highest BCUT2D eigenvalue weighted by Gasteiger charge is 2.20. The van der Waals surface area contributed by atoms with Gasteiger partial charge in [0.05, 0.1) is 0 Å². The van der Waals surface area contributed by atoms with E-state index >= 15 is 0 Å². The lowest BCUT2D eigenvalue weighted by molar-refractivity contribution is 0.225. The second kappa shape index (κ2) is 6.73. The molecule has 1 saturated carbocycles. The van der Waals surface area contributed by atoms with Crippen molar-refractivity contribution in [2.24, 2.45) is 0 Å². The normalized spacial score (nSPS) is 15.9. The van der Waals surface area contributed by atoms with Crippen LogP contribution >= 0.6 is 22.9 Å². The number of hydrogen-bond acceptors (Lipinski definition) is 5. The van der Waals surface area contributed by atoms with Crippen LogP contribution in [0.1, 0.15) is 35.9 Å². The smallest absolute Gasteiger partial charge is 0.157 e. The van der Waals surface area contributed by atoms with Crippen LogP contribution in [0.5, 0.6) is 5.75 Å². The minimum Gasteiger partial charge on any atom is -0.483 e. The number of benzene rings is 1. The first kappa shape index (κ1) is 14.8. The molecule has 1 aromatic carbocycles. The van der Waals surface area contributed by atoms with Gasteiger partial charge in [-0.3, -0.25) is 0 Å². The Morgan fingerprint density at radius 3 is 3.05 bits per heavy atom. The van der Waals surface area contributed by atoms with Gasteiger partial charge in [-0.15, -0.1) is 10.2 Å². The van der Waals surface area contributed by atoms with Gasteiger partial charge in [0.2, 0.25) is 0 Å². The summed E-state index contributed by atoms with van der Waals surface area (Å²) in [5.74, 6) is 0.752. The van der Waals surface area contributed by atoms with Crippen LogP contribution in [0.2, 0.25) is 5.02 Å². The van der Waals surface area contributed by atoms with E-state index < -0.39 is 0 Å². The Labute approximate surface area is 133 Å². The molecular weight excluding hydrogens is 306 g/mol. The number of halogens is 1. The lowest BCUT2D eigenvalue weighted by Gasteiger charge is -2.11. The Balaban J connectivity index is 1.54. The Bertz CT molecular complexity index is 600. The lowest BCUT2D eigenvalue weighted by atomic mass is 10.3. The largest absolute Gasteiger partial charge is 0.483 e. The van der Waals surface area contributed by atoms with Gasteiger partial charge in [0, 0.05) is 24.0 Å². The van der Waals surface area contributed by atoms with E-state index in [1.807, 2.05) is 25.1 Å². The van der Waals surface area contributed by atoms with Crippen molar-refractivity contribution in [1.29, 1.82) is 0 Å². The first-order valence-electron chi connectivity index (χ1n) is 7.18. The van der Waals surface area contributed by atoms with Crippen LogP contribution in [-0.2, 0) is 6.42 Å². The third kappa shape index (κ3) is 4.40. The molecule has 0 aliphatic heterocycles. The van der Waals surface area contributed by atoms with Crippen LogP contribution in [0.15, 0.2) is 24.3 Å². The molecule has 0 radical (unpaired) electrons. The fraction of sp³-hybridized carbons (Fsp3) is 0.467. The fourth-order valence-electron chi connectivity index (χ4n) is 2.00. The van der Waals surface area contributed by atoms with Crippen LogP contribution in [-0.4, -0.2) is 22.8 Å². The summed E-state index contributed by atoms with van der Waals surface area (Å²) in [6.07, 6.45) is 3.43. The van der Waals surface area contributed by atoms with E-state index in [2.05, 4.69) is 15.5 Å². The summed E-state index contributed by atoms with van der Waals surface area (Å²) in [7, 11) is 0. The monoisotopic (exact) mass is 323 g/mol. The first-order valence-corrected chi connectivity index (χ1v) is 8.38. The highest BCUT2D eigenvalue weighted by Crippen LogP contribution is 2.26. The molecule has 4 nitrogen and oxygen atoms in total. The molecule has 3 rings (SSSR count). The summed E-state index contributed by atoms with van der Waals surface area (Å²) in [6, 6.07) is 8.14. The molecule has 1 N–H and O–H groups in total. The molecule has 2 aromatic rings. The van der Waals surface area contributed by atoms with Gasteiger partial charge < -0.3 is 10.1 Å². The third-order valence-electron chi connectivity index (χ3n) is 3.29. The van der Waals surface area contributed by atoms with E-state index in [-0.39, 0.29) is 6.10 Å². The zero-order valence-corrected chi connectivity index (χ0v) is 13.5. The number of nitrogens with one attached hydrogen (secondary N) is 1. The van der Waals surface area contributed by atoms with Crippen molar-refractivity contribution < 1.29 is 4.74 Å². The number of nitrogens with zero attached hydrogens (tertiary/aromatic N) is 2. The van der Waals surface area contributed by atoms with E-state index in [0.29, 0.717) is 5.02 Å². The average Bonchev–Trinajstić information content (AvgIpc) is 3.15. The Morgan fingerprint density at radius 2 is 2.29 bits per heavy atom. The molecule has 1 heterocycles. The molecule has 0 spiro atoms. The maximum Gasteiger partial charge on any atom is 0.157 e. The predicted octanol–water partition coefficient (Wildman–Crippen LogP) is 3.63. The van der Waals surface area contributed by atoms with E-state index in [4.69, 9.17) is 16.3 Å². The molecule has 0 bridgehead atoms. The second-order valence-electron chi connectivity index (χ2n) is 5.23. The van der Waals surface area contributed by atoms with Crippen LogP contribution in [0.25, 0.3) is 0 Å². The van der Waals surface area contributed by atoms with Gasteiger partial charge in [-0.2, -0.15) is 0 Å². The maximum atomic E-state index is 5.95. The van der Waals surface area contributed by atoms with E-state index in [0.717, 1.165) is 34.8 Å². The summed E-state index contributed by atoms with van der Waals surface area (Å²) >= 11 is 7.57. The molecule has 0 saturated heterocycles.